The molecule has 7 aliphatic rings. The molecule has 1 unspecified atom stereocenters. The summed E-state index contributed by atoms with van der Waals surface area (Å²) < 4.78 is 70.3. The molecule has 16 heteroatoms. The first kappa shape index (κ1) is 53.2. The quantitative estimate of drug-likeness (QED) is 0.138. The van der Waals surface area contributed by atoms with Gasteiger partial charge in [-0.15, -0.1) is 0 Å². The number of carbonyl (C=O) groups excluding carboxylic acids is 1. The maximum Gasteiger partial charge on any atom is 0.316 e. The van der Waals surface area contributed by atoms with E-state index in [4.69, 9.17) is 51.8 Å². The summed E-state index contributed by atoms with van der Waals surface area (Å²) in [7, 11) is 3.23. The van der Waals surface area contributed by atoms with E-state index in [9.17, 15) is 20.1 Å². The number of rotatable bonds is 12. The van der Waals surface area contributed by atoms with Crippen molar-refractivity contribution in [1.82, 2.24) is 5.32 Å². The molecule has 1 spiro atoms. The SMILES string of the molecule is CCC(C)[C@H]1O[C@]2(C=C[C@@H]1C)C[C@@H]1C[C@@H](C/C=C(\C)[C@@H](O[C@H]3C[C@H](OC)[C@@H](O[C@H]4C[C@H](OC)[C@@](O)(CNCc5ccco5)[C@H](C)O4)[C@H](C)O3)[C@@H](C)/C=C/C=C3\CO[C@@H]4[C@H](O)C(C)=C[C@@H](C(=O)O1)[C@]34O)O2. The van der Waals surface area contributed by atoms with Crippen molar-refractivity contribution in [3.8, 4) is 0 Å². The molecule has 1 aromatic heterocycles. The van der Waals surface area contributed by atoms with E-state index in [2.05, 4.69) is 45.2 Å². The van der Waals surface area contributed by atoms with Crippen LogP contribution in [0.2, 0.25) is 0 Å². The van der Waals surface area contributed by atoms with Crippen molar-refractivity contribution in [2.75, 3.05) is 27.4 Å². The van der Waals surface area contributed by atoms with Crippen LogP contribution < -0.4 is 5.32 Å². The third-order valence-electron chi connectivity index (χ3n) is 16.1. The van der Waals surface area contributed by atoms with Crippen LogP contribution in [0.3, 0.4) is 0 Å². The third-order valence-corrected chi connectivity index (χ3v) is 16.1. The van der Waals surface area contributed by atoms with Crippen LogP contribution in [-0.2, 0) is 58.7 Å². The van der Waals surface area contributed by atoms with E-state index in [-0.39, 0.29) is 49.9 Å². The largest absolute Gasteiger partial charge is 0.468 e. The maximum absolute atomic E-state index is 14.4. The zero-order chi connectivity index (χ0) is 50.1. The normalized spacial score (nSPS) is 46.0. The number of ether oxygens (including phenoxy) is 10. The second kappa shape index (κ2) is 22.2. The topological polar surface area (TPSA) is 195 Å². The van der Waals surface area contributed by atoms with E-state index in [0.717, 1.165) is 17.8 Å². The van der Waals surface area contributed by atoms with Gasteiger partial charge in [0.05, 0.1) is 62.1 Å². The zero-order valence-corrected chi connectivity index (χ0v) is 42.7. The predicted octanol–water partition coefficient (Wildman–Crippen LogP) is 6.13. The Morgan fingerprint density at radius 1 is 0.943 bits per heavy atom. The molecule has 0 radical (unpaired) electrons. The second-order valence-electron chi connectivity index (χ2n) is 21.0. The summed E-state index contributed by atoms with van der Waals surface area (Å²) in [6, 6.07) is 3.69. The van der Waals surface area contributed by atoms with Gasteiger partial charge in [-0.1, -0.05) is 70.6 Å². The first-order valence-electron chi connectivity index (χ1n) is 25.5. The third kappa shape index (κ3) is 10.9. The summed E-state index contributed by atoms with van der Waals surface area (Å²) >= 11 is 0. The van der Waals surface area contributed by atoms with Crippen LogP contribution in [0, 0.1) is 23.7 Å². The van der Waals surface area contributed by atoms with Gasteiger partial charge in [0.15, 0.2) is 18.4 Å². The van der Waals surface area contributed by atoms with Crippen LogP contribution >= 0.6 is 0 Å². The van der Waals surface area contributed by atoms with E-state index < -0.39 is 102 Å². The van der Waals surface area contributed by atoms with Gasteiger partial charge >= 0.3 is 5.97 Å². The Bertz CT molecular complexity index is 2090. The lowest BCUT2D eigenvalue weighted by molar-refractivity contribution is -0.331. The number of carbonyl (C=O) groups is 1. The van der Waals surface area contributed by atoms with E-state index in [1.807, 2.05) is 51.1 Å². The van der Waals surface area contributed by atoms with Crippen LogP contribution in [0.5, 0.6) is 0 Å². The molecule has 70 heavy (non-hydrogen) atoms. The summed E-state index contributed by atoms with van der Waals surface area (Å²) in [4.78, 5) is 14.4. The molecule has 8 rings (SSSR count). The summed E-state index contributed by atoms with van der Waals surface area (Å²) in [5.41, 5.74) is -1.23. The van der Waals surface area contributed by atoms with Crippen molar-refractivity contribution in [1.29, 1.82) is 0 Å². The molecule has 2 bridgehead atoms. The molecule has 20 atom stereocenters. The Morgan fingerprint density at radius 2 is 1.73 bits per heavy atom. The lowest BCUT2D eigenvalue weighted by Crippen LogP contribution is -2.64. The van der Waals surface area contributed by atoms with E-state index in [0.29, 0.717) is 37.0 Å². The molecule has 0 aromatic carbocycles. The van der Waals surface area contributed by atoms with Crippen molar-refractivity contribution < 1.29 is 71.9 Å². The predicted molar refractivity (Wildman–Crippen MR) is 257 cm³/mol. The van der Waals surface area contributed by atoms with Gasteiger partial charge in [0.1, 0.15) is 47.3 Å². The van der Waals surface area contributed by atoms with Gasteiger partial charge in [-0.05, 0) is 75.0 Å². The molecule has 7 heterocycles. The molecule has 1 aromatic rings. The number of fused-ring (bicyclic) bond motifs is 2. The molecule has 0 amide bonds. The van der Waals surface area contributed by atoms with Gasteiger partial charge < -0.3 is 72.4 Å². The zero-order valence-electron chi connectivity index (χ0n) is 42.7. The van der Waals surface area contributed by atoms with Crippen molar-refractivity contribution in [3.63, 3.8) is 0 Å². The number of hydrogen-bond acceptors (Lipinski definition) is 16. The average molecular weight is 982 g/mol. The number of allylic oxidation sites excluding steroid dienone is 2. The lowest BCUT2D eigenvalue weighted by Gasteiger charge is -2.48. The summed E-state index contributed by atoms with van der Waals surface area (Å²) in [5.74, 6) is -1.88. The molecule has 6 aliphatic heterocycles. The molecule has 16 nitrogen and oxygen atoms in total. The smallest absolute Gasteiger partial charge is 0.316 e. The fraction of sp³-hybridized carbons (Fsp3) is 0.722. The van der Waals surface area contributed by atoms with Crippen molar-refractivity contribution in [3.05, 3.63) is 83.4 Å². The highest BCUT2D eigenvalue weighted by molar-refractivity contribution is 5.78. The number of furan rings is 1. The molecular formula is C54H79NO15. The van der Waals surface area contributed by atoms with Gasteiger partial charge in [-0.25, -0.2) is 0 Å². The Labute approximate surface area is 413 Å². The van der Waals surface area contributed by atoms with Crippen LogP contribution in [0.1, 0.15) is 99.7 Å². The first-order valence-corrected chi connectivity index (χ1v) is 25.5. The number of hydrogen-bond donors (Lipinski definition) is 4. The number of aliphatic hydroxyl groups excluding tert-OH is 1. The summed E-state index contributed by atoms with van der Waals surface area (Å²) in [6.07, 6.45) is 10.1. The van der Waals surface area contributed by atoms with Crippen molar-refractivity contribution in [2.45, 2.75) is 197 Å². The number of aliphatic hydroxyl groups is 3. The minimum atomic E-state index is -1.85. The monoisotopic (exact) mass is 982 g/mol. The first-order chi connectivity index (χ1) is 33.4. The van der Waals surface area contributed by atoms with Gasteiger partial charge in [0, 0.05) is 58.3 Å². The van der Waals surface area contributed by atoms with Crippen LogP contribution in [0.4, 0.5) is 0 Å². The minimum Gasteiger partial charge on any atom is -0.468 e. The van der Waals surface area contributed by atoms with E-state index in [1.165, 1.54) is 0 Å². The molecule has 4 saturated heterocycles. The fourth-order valence-corrected chi connectivity index (χ4v) is 11.7. The van der Waals surface area contributed by atoms with Crippen LogP contribution in [0.25, 0.3) is 0 Å². The van der Waals surface area contributed by atoms with Gasteiger partial charge in [0.2, 0.25) is 0 Å². The fourth-order valence-electron chi connectivity index (χ4n) is 11.7. The van der Waals surface area contributed by atoms with Crippen LogP contribution in [-0.4, -0.2) is 145 Å². The Balaban J connectivity index is 1.02. The minimum absolute atomic E-state index is 0.0218. The number of esters is 1. The highest BCUT2D eigenvalue weighted by atomic mass is 16.7. The number of nitrogens with one attached hydrogen (secondary N) is 1. The molecule has 1 aliphatic carbocycles. The Hall–Kier alpha value is -3.07. The Kier molecular flexibility index (Phi) is 16.9. The highest BCUT2D eigenvalue weighted by Gasteiger charge is 2.60. The van der Waals surface area contributed by atoms with Crippen LogP contribution in [0.15, 0.2) is 82.1 Å². The standard InChI is InChI=1S/C54H79NO15/c1-11-30(2)48-33(5)19-20-52(70-48)26-40-23-38(69-52)18-17-32(4)47(31(3)14-12-15-37-28-63-50-46(56)34(6)22-41(51(57)66-40)54(37,50)59)67-44-24-42(60-9)49(35(7)64-44)68-45-25-43(61-10)53(58,36(8)65-45)29-55-27-39-16-13-21-62-39/h12-17,19-22,30-31,33,35-36,38,40-50,55-56,58-59H,11,18,23-29H2,1-10H3/b14-12+,32-17+,37-15+/t30?,31-,33-,35-,36-,38+,40-,41-,42-,43-,44-,45-,46+,47-,48+,49-,50+,52+,53+,54+/m0/s1. The maximum atomic E-state index is 14.4. The molecule has 4 N–H and O–H groups in total. The summed E-state index contributed by atoms with van der Waals surface area (Å²) in [5, 5.41) is 38.9. The van der Waals surface area contributed by atoms with Crippen molar-refractivity contribution in [2.24, 2.45) is 23.7 Å². The second-order valence-corrected chi connectivity index (χ2v) is 21.0. The van der Waals surface area contributed by atoms with Gasteiger partial charge in [-0.3, -0.25) is 4.79 Å². The lowest BCUT2D eigenvalue weighted by atomic mass is 9.71. The Morgan fingerprint density at radius 3 is 2.46 bits per heavy atom. The highest BCUT2D eigenvalue weighted by Crippen LogP contribution is 2.47. The van der Waals surface area contributed by atoms with Gasteiger partial charge in [0.25, 0.3) is 0 Å². The average Bonchev–Trinajstić information content (AvgIpc) is 3.98. The molecule has 390 valence electrons. The molecular weight excluding hydrogens is 903 g/mol. The van der Waals surface area contributed by atoms with Crippen molar-refractivity contribution >= 4 is 5.97 Å². The van der Waals surface area contributed by atoms with Gasteiger partial charge in [-0.2, -0.15) is 0 Å². The summed E-state index contributed by atoms with van der Waals surface area (Å²) in [6.45, 7) is 16.8. The number of methoxy groups -OCH3 is 2. The molecule has 0 saturated carbocycles. The van der Waals surface area contributed by atoms with E-state index >= 15 is 0 Å². The molecule has 4 fully saturated rings. The van der Waals surface area contributed by atoms with E-state index in [1.54, 1.807) is 39.6 Å².